The Kier molecular flexibility index (Phi) is 4.31. The predicted molar refractivity (Wildman–Crippen MR) is 78.9 cm³/mol. The zero-order chi connectivity index (χ0) is 13.9. The smallest absolute Gasteiger partial charge is 0.236 e. The summed E-state index contributed by atoms with van der Waals surface area (Å²) in [4.78, 5) is 16.4. The average molecular weight is 294 g/mol. The molecule has 2 fully saturated rings. The van der Waals surface area contributed by atoms with Crippen molar-refractivity contribution >= 4 is 17.2 Å². The Hall–Kier alpha value is -1.01. The molecular formula is C14H22N4OS. The number of hydrogen-bond acceptors (Lipinski definition) is 5. The molecule has 0 atom stereocenters. The minimum Gasteiger partial charge on any atom is -0.342 e. The molecule has 1 amide bonds. The fourth-order valence-electron chi connectivity index (χ4n) is 3.07. The van der Waals surface area contributed by atoms with Crippen LogP contribution in [-0.2, 0) is 4.79 Å². The summed E-state index contributed by atoms with van der Waals surface area (Å²) in [6.07, 6.45) is 4.54. The highest BCUT2D eigenvalue weighted by Crippen LogP contribution is 2.29. The standard InChI is InChI=1S/C14H22N4OS/c1-11-15-16-14(20-11)12-4-8-17(9-5-12)10-13(19)18-6-2-3-7-18/h12H,2-10H2,1H3. The number of hydrogen-bond donors (Lipinski definition) is 0. The van der Waals surface area contributed by atoms with Crippen LogP contribution < -0.4 is 0 Å². The van der Waals surface area contributed by atoms with Crippen LogP contribution in [0.3, 0.4) is 0 Å². The lowest BCUT2D eigenvalue weighted by molar-refractivity contribution is -0.131. The molecule has 2 saturated heterocycles. The minimum absolute atomic E-state index is 0.313. The molecule has 0 bridgehead atoms. The van der Waals surface area contributed by atoms with Crippen LogP contribution in [0.25, 0.3) is 0 Å². The Balaban J connectivity index is 1.47. The Morgan fingerprint density at radius 3 is 2.50 bits per heavy atom. The van der Waals surface area contributed by atoms with Gasteiger partial charge >= 0.3 is 0 Å². The van der Waals surface area contributed by atoms with E-state index >= 15 is 0 Å². The quantitative estimate of drug-likeness (QED) is 0.850. The Bertz CT molecular complexity index is 461. The third-order valence-electron chi connectivity index (χ3n) is 4.30. The summed E-state index contributed by atoms with van der Waals surface area (Å²) in [5, 5.41) is 10.6. The summed E-state index contributed by atoms with van der Waals surface area (Å²) in [6.45, 7) is 6.53. The fourth-order valence-corrected chi connectivity index (χ4v) is 3.94. The molecule has 20 heavy (non-hydrogen) atoms. The van der Waals surface area contributed by atoms with E-state index in [0.717, 1.165) is 44.0 Å². The molecule has 2 aliphatic heterocycles. The number of carbonyl (C=O) groups excluding carboxylic acids is 1. The monoisotopic (exact) mass is 294 g/mol. The van der Waals surface area contributed by atoms with Crippen molar-refractivity contribution in [1.29, 1.82) is 0 Å². The lowest BCUT2D eigenvalue weighted by Gasteiger charge is -2.31. The highest BCUT2D eigenvalue weighted by atomic mass is 32.1. The van der Waals surface area contributed by atoms with Gasteiger partial charge in [-0.25, -0.2) is 0 Å². The van der Waals surface area contributed by atoms with E-state index in [-0.39, 0.29) is 0 Å². The number of nitrogens with zero attached hydrogens (tertiary/aromatic N) is 4. The molecule has 3 heterocycles. The topological polar surface area (TPSA) is 49.3 Å². The van der Waals surface area contributed by atoms with Crippen molar-refractivity contribution in [3.63, 3.8) is 0 Å². The summed E-state index contributed by atoms with van der Waals surface area (Å²) in [6, 6.07) is 0. The zero-order valence-corrected chi connectivity index (χ0v) is 12.9. The van der Waals surface area contributed by atoms with E-state index in [4.69, 9.17) is 0 Å². The first kappa shape index (κ1) is 13.9. The van der Waals surface area contributed by atoms with Gasteiger partial charge in [-0.1, -0.05) is 0 Å². The van der Waals surface area contributed by atoms with Gasteiger partial charge in [0, 0.05) is 19.0 Å². The molecule has 0 aromatic carbocycles. The second kappa shape index (κ2) is 6.18. The van der Waals surface area contributed by atoms with E-state index in [1.807, 2.05) is 11.8 Å². The van der Waals surface area contributed by atoms with Gasteiger partial charge in [0.05, 0.1) is 6.54 Å². The Morgan fingerprint density at radius 1 is 1.20 bits per heavy atom. The number of rotatable bonds is 3. The first-order valence-corrected chi connectivity index (χ1v) is 8.34. The molecule has 0 radical (unpaired) electrons. The first-order chi connectivity index (χ1) is 9.72. The Labute approximate surface area is 124 Å². The predicted octanol–water partition coefficient (Wildman–Crippen LogP) is 1.65. The molecule has 1 aromatic heterocycles. The normalized spacial score (nSPS) is 21.6. The zero-order valence-electron chi connectivity index (χ0n) is 12.0. The summed E-state index contributed by atoms with van der Waals surface area (Å²) in [5.41, 5.74) is 0. The largest absolute Gasteiger partial charge is 0.342 e. The third kappa shape index (κ3) is 3.17. The maximum Gasteiger partial charge on any atom is 0.236 e. The van der Waals surface area contributed by atoms with Gasteiger partial charge in [-0.15, -0.1) is 21.5 Å². The summed E-state index contributed by atoms with van der Waals surface area (Å²) in [5.74, 6) is 0.854. The van der Waals surface area contributed by atoms with Gasteiger partial charge in [0.15, 0.2) is 0 Å². The lowest BCUT2D eigenvalue weighted by atomic mass is 9.98. The highest BCUT2D eigenvalue weighted by molar-refractivity contribution is 7.11. The van der Waals surface area contributed by atoms with E-state index in [1.165, 1.54) is 17.8 Å². The molecule has 1 aromatic rings. The third-order valence-corrected chi connectivity index (χ3v) is 5.30. The van der Waals surface area contributed by atoms with Gasteiger partial charge in [-0.3, -0.25) is 9.69 Å². The number of amides is 1. The van der Waals surface area contributed by atoms with E-state index in [2.05, 4.69) is 15.1 Å². The van der Waals surface area contributed by atoms with Crippen LogP contribution in [0.5, 0.6) is 0 Å². The van der Waals surface area contributed by atoms with Crippen molar-refractivity contribution in [3.05, 3.63) is 10.0 Å². The van der Waals surface area contributed by atoms with Gasteiger partial charge < -0.3 is 4.90 Å². The van der Waals surface area contributed by atoms with Crippen LogP contribution >= 0.6 is 11.3 Å². The molecular weight excluding hydrogens is 272 g/mol. The van der Waals surface area contributed by atoms with E-state index in [9.17, 15) is 4.79 Å². The van der Waals surface area contributed by atoms with Crippen molar-refractivity contribution in [2.45, 2.75) is 38.5 Å². The summed E-state index contributed by atoms with van der Waals surface area (Å²) < 4.78 is 0. The molecule has 0 unspecified atom stereocenters. The summed E-state index contributed by atoms with van der Waals surface area (Å²) in [7, 11) is 0. The highest BCUT2D eigenvalue weighted by Gasteiger charge is 2.26. The second-order valence-electron chi connectivity index (χ2n) is 5.80. The Morgan fingerprint density at radius 2 is 1.90 bits per heavy atom. The SMILES string of the molecule is Cc1nnc(C2CCN(CC(=O)N3CCCC3)CC2)s1. The van der Waals surface area contributed by atoms with Crippen molar-refractivity contribution in [2.75, 3.05) is 32.7 Å². The van der Waals surface area contributed by atoms with Crippen LogP contribution in [0.15, 0.2) is 0 Å². The molecule has 6 heteroatoms. The molecule has 110 valence electrons. The average Bonchev–Trinajstić information content (AvgIpc) is 3.10. The number of piperidine rings is 1. The first-order valence-electron chi connectivity index (χ1n) is 7.52. The molecule has 3 rings (SSSR count). The summed E-state index contributed by atoms with van der Waals surface area (Å²) >= 11 is 1.71. The van der Waals surface area contributed by atoms with Crippen molar-refractivity contribution in [2.24, 2.45) is 0 Å². The van der Waals surface area contributed by atoms with Crippen molar-refractivity contribution in [3.8, 4) is 0 Å². The van der Waals surface area contributed by atoms with Gasteiger partial charge in [0.2, 0.25) is 5.91 Å². The van der Waals surface area contributed by atoms with E-state index < -0.39 is 0 Å². The van der Waals surface area contributed by atoms with Crippen LogP contribution in [0.4, 0.5) is 0 Å². The fraction of sp³-hybridized carbons (Fsp3) is 0.786. The molecule has 0 spiro atoms. The number of aryl methyl sites for hydroxylation is 1. The molecule has 2 aliphatic rings. The molecule has 5 nitrogen and oxygen atoms in total. The number of likely N-dealkylation sites (tertiary alicyclic amines) is 2. The van der Waals surface area contributed by atoms with Crippen LogP contribution in [-0.4, -0.2) is 58.6 Å². The minimum atomic E-state index is 0.313. The van der Waals surface area contributed by atoms with Gasteiger partial charge in [-0.05, 0) is 45.7 Å². The molecule has 0 N–H and O–H groups in total. The van der Waals surface area contributed by atoms with Crippen LogP contribution in [0.2, 0.25) is 0 Å². The second-order valence-corrected chi connectivity index (χ2v) is 7.01. The van der Waals surface area contributed by atoms with Gasteiger partial charge in [0.1, 0.15) is 10.0 Å². The van der Waals surface area contributed by atoms with E-state index in [0.29, 0.717) is 18.4 Å². The van der Waals surface area contributed by atoms with Crippen LogP contribution in [0, 0.1) is 6.92 Å². The maximum absolute atomic E-state index is 12.1. The molecule has 0 saturated carbocycles. The number of carbonyl (C=O) groups is 1. The molecule has 0 aliphatic carbocycles. The van der Waals surface area contributed by atoms with E-state index in [1.54, 1.807) is 11.3 Å². The number of aromatic nitrogens is 2. The van der Waals surface area contributed by atoms with Gasteiger partial charge in [-0.2, -0.15) is 0 Å². The van der Waals surface area contributed by atoms with Crippen molar-refractivity contribution in [1.82, 2.24) is 20.0 Å². The maximum atomic E-state index is 12.1. The van der Waals surface area contributed by atoms with Crippen LogP contribution in [0.1, 0.15) is 41.6 Å². The lowest BCUT2D eigenvalue weighted by Crippen LogP contribution is -2.42. The van der Waals surface area contributed by atoms with Crippen molar-refractivity contribution < 1.29 is 4.79 Å². The van der Waals surface area contributed by atoms with Gasteiger partial charge in [0.25, 0.3) is 0 Å².